The SMILES string of the molecule is OC(O)c1ccc(C2C=CC=C2)cc1. The van der Waals surface area contributed by atoms with Gasteiger partial charge in [-0.15, -0.1) is 0 Å². The van der Waals surface area contributed by atoms with Crippen molar-refractivity contribution < 1.29 is 10.2 Å². The minimum atomic E-state index is -1.38. The smallest absolute Gasteiger partial charge is 0.178 e. The average molecular weight is 188 g/mol. The van der Waals surface area contributed by atoms with E-state index in [9.17, 15) is 0 Å². The monoisotopic (exact) mass is 188 g/mol. The molecule has 0 saturated heterocycles. The van der Waals surface area contributed by atoms with Crippen LogP contribution in [0.15, 0.2) is 48.6 Å². The van der Waals surface area contributed by atoms with Gasteiger partial charge in [-0.1, -0.05) is 48.6 Å². The summed E-state index contributed by atoms with van der Waals surface area (Å²) in [5.74, 6) is 0.333. The largest absolute Gasteiger partial charge is 0.364 e. The molecular formula is C12H12O2. The zero-order valence-corrected chi connectivity index (χ0v) is 7.67. The van der Waals surface area contributed by atoms with Crippen LogP contribution in [-0.4, -0.2) is 10.2 Å². The summed E-state index contributed by atoms with van der Waals surface area (Å²) in [5.41, 5.74) is 1.69. The molecule has 2 heteroatoms. The summed E-state index contributed by atoms with van der Waals surface area (Å²) in [4.78, 5) is 0. The first-order valence-corrected chi connectivity index (χ1v) is 4.58. The Morgan fingerprint density at radius 3 is 2.00 bits per heavy atom. The molecular weight excluding hydrogens is 176 g/mol. The lowest BCUT2D eigenvalue weighted by Gasteiger charge is -2.08. The molecule has 0 aromatic heterocycles. The summed E-state index contributed by atoms with van der Waals surface area (Å²) in [6.07, 6.45) is 6.85. The van der Waals surface area contributed by atoms with Crippen molar-refractivity contribution in [1.82, 2.24) is 0 Å². The first kappa shape index (κ1) is 9.19. The molecule has 2 rings (SSSR count). The molecule has 0 spiro atoms. The summed E-state index contributed by atoms with van der Waals surface area (Å²) in [5, 5.41) is 17.8. The van der Waals surface area contributed by atoms with Crippen molar-refractivity contribution in [2.75, 3.05) is 0 Å². The van der Waals surface area contributed by atoms with Gasteiger partial charge in [0.1, 0.15) is 0 Å². The Labute approximate surface area is 82.8 Å². The van der Waals surface area contributed by atoms with Crippen molar-refractivity contribution in [3.63, 3.8) is 0 Å². The lowest BCUT2D eigenvalue weighted by molar-refractivity contribution is -0.0424. The molecule has 1 aliphatic rings. The van der Waals surface area contributed by atoms with Gasteiger partial charge in [0.25, 0.3) is 0 Å². The number of hydrogen-bond donors (Lipinski definition) is 2. The molecule has 0 saturated carbocycles. The Bertz CT molecular complexity index is 348. The van der Waals surface area contributed by atoms with E-state index in [0.717, 1.165) is 0 Å². The highest BCUT2D eigenvalue weighted by Gasteiger charge is 2.07. The van der Waals surface area contributed by atoms with Crippen molar-refractivity contribution in [3.05, 3.63) is 59.7 Å². The van der Waals surface area contributed by atoms with Gasteiger partial charge in [-0.2, -0.15) is 0 Å². The third kappa shape index (κ3) is 1.76. The minimum Gasteiger partial charge on any atom is -0.364 e. The molecule has 1 aromatic rings. The summed E-state index contributed by atoms with van der Waals surface area (Å²) < 4.78 is 0. The Kier molecular flexibility index (Phi) is 2.48. The second kappa shape index (κ2) is 3.78. The zero-order chi connectivity index (χ0) is 9.97. The average Bonchev–Trinajstić information content (AvgIpc) is 2.71. The van der Waals surface area contributed by atoms with Crippen molar-refractivity contribution in [2.45, 2.75) is 12.2 Å². The molecule has 0 aliphatic heterocycles. The van der Waals surface area contributed by atoms with Crippen LogP contribution in [0, 0.1) is 0 Å². The van der Waals surface area contributed by atoms with Crippen molar-refractivity contribution in [1.29, 1.82) is 0 Å². The van der Waals surface area contributed by atoms with Crippen LogP contribution >= 0.6 is 0 Å². The molecule has 0 fully saturated rings. The van der Waals surface area contributed by atoms with E-state index >= 15 is 0 Å². The molecule has 2 nitrogen and oxygen atoms in total. The minimum absolute atomic E-state index is 0.333. The molecule has 72 valence electrons. The number of aliphatic hydroxyl groups excluding tert-OH is 1. The summed E-state index contributed by atoms with van der Waals surface area (Å²) in [6, 6.07) is 7.30. The maximum atomic E-state index is 8.91. The second-order valence-electron chi connectivity index (χ2n) is 3.34. The molecule has 0 heterocycles. The van der Waals surface area contributed by atoms with Crippen LogP contribution in [-0.2, 0) is 0 Å². The summed E-state index contributed by atoms with van der Waals surface area (Å²) >= 11 is 0. The van der Waals surface area contributed by atoms with E-state index in [1.807, 2.05) is 24.3 Å². The quantitative estimate of drug-likeness (QED) is 0.696. The zero-order valence-electron chi connectivity index (χ0n) is 7.67. The Balaban J connectivity index is 2.21. The van der Waals surface area contributed by atoms with Crippen LogP contribution in [0.25, 0.3) is 0 Å². The van der Waals surface area contributed by atoms with Gasteiger partial charge in [0.05, 0.1) is 0 Å². The lowest BCUT2D eigenvalue weighted by Crippen LogP contribution is -1.95. The van der Waals surface area contributed by atoms with Gasteiger partial charge >= 0.3 is 0 Å². The molecule has 0 unspecified atom stereocenters. The molecule has 0 radical (unpaired) electrons. The topological polar surface area (TPSA) is 40.5 Å². The van der Waals surface area contributed by atoms with Gasteiger partial charge in [0, 0.05) is 11.5 Å². The van der Waals surface area contributed by atoms with Gasteiger partial charge in [-0.05, 0) is 5.56 Å². The highest BCUT2D eigenvalue weighted by molar-refractivity contribution is 5.36. The first-order chi connectivity index (χ1) is 6.77. The van der Waals surface area contributed by atoms with Gasteiger partial charge in [-0.3, -0.25) is 0 Å². The van der Waals surface area contributed by atoms with Gasteiger partial charge in [0.2, 0.25) is 0 Å². The van der Waals surface area contributed by atoms with Crippen LogP contribution in [0.2, 0.25) is 0 Å². The molecule has 0 amide bonds. The predicted molar refractivity (Wildman–Crippen MR) is 54.6 cm³/mol. The number of hydrogen-bond acceptors (Lipinski definition) is 2. The van der Waals surface area contributed by atoms with Crippen molar-refractivity contribution >= 4 is 0 Å². The van der Waals surface area contributed by atoms with E-state index in [1.54, 1.807) is 12.1 Å². The van der Waals surface area contributed by atoms with Crippen LogP contribution in [0.5, 0.6) is 0 Å². The van der Waals surface area contributed by atoms with Crippen LogP contribution < -0.4 is 0 Å². The number of allylic oxidation sites excluding steroid dienone is 4. The third-order valence-corrected chi connectivity index (χ3v) is 2.37. The second-order valence-corrected chi connectivity index (χ2v) is 3.34. The molecule has 1 aromatic carbocycles. The third-order valence-electron chi connectivity index (χ3n) is 2.37. The number of rotatable bonds is 2. The highest BCUT2D eigenvalue weighted by atomic mass is 16.5. The van der Waals surface area contributed by atoms with Crippen LogP contribution in [0.4, 0.5) is 0 Å². The molecule has 14 heavy (non-hydrogen) atoms. The lowest BCUT2D eigenvalue weighted by atomic mass is 9.99. The fraction of sp³-hybridized carbons (Fsp3) is 0.167. The van der Waals surface area contributed by atoms with Crippen LogP contribution in [0.3, 0.4) is 0 Å². The standard InChI is InChI=1S/C12H12O2/c13-12(14)11-7-5-10(6-8-11)9-3-1-2-4-9/h1-9,12-14H. The van der Waals surface area contributed by atoms with E-state index in [2.05, 4.69) is 12.2 Å². The van der Waals surface area contributed by atoms with Crippen molar-refractivity contribution in [2.24, 2.45) is 0 Å². The number of benzene rings is 1. The van der Waals surface area contributed by atoms with Crippen LogP contribution in [0.1, 0.15) is 23.3 Å². The molecule has 2 N–H and O–H groups in total. The van der Waals surface area contributed by atoms with Gasteiger partial charge in [-0.25, -0.2) is 0 Å². The first-order valence-electron chi connectivity index (χ1n) is 4.58. The fourth-order valence-electron chi connectivity index (χ4n) is 1.54. The Morgan fingerprint density at radius 2 is 1.50 bits per heavy atom. The maximum Gasteiger partial charge on any atom is 0.178 e. The normalized spacial score (nSPS) is 15.6. The summed E-state index contributed by atoms with van der Waals surface area (Å²) in [6.45, 7) is 0. The van der Waals surface area contributed by atoms with E-state index in [-0.39, 0.29) is 0 Å². The van der Waals surface area contributed by atoms with E-state index in [4.69, 9.17) is 10.2 Å². The highest BCUT2D eigenvalue weighted by Crippen LogP contribution is 2.23. The Hall–Kier alpha value is -1.38. The van der Waals surface area contributed by atoms with Gasteiger partial charge in [0.15, 0.2) is 6.29 Å². The molecule has 1 aliphatic carbocycles. The van der Waals surface area contributed by atoms with Gasteiger partial charge < -0.3 is 10.2 Å². The maximum absolute atomic E-state index is 8.91. The molecule has 0 atom stereocenters. The van der Waals surface area contributed by atoms with E-state index in [0.29, 0.717) is 11.5 Å². The Morgan fingerprint density at radius 1 is 0.929 bits per heavy atom. The van der Waals surface area contributed by atoms with Crippen molar-refractivity contribution in [3.8, 4) is 0 Å². The summed E-state index contributed by atoms with van der Waals surface area (Å²) in [7, 11) is 0. The predicted octanol–water partition coefficient (Wildman–Crippen LogP) is 1.88. The van der Waals surface area contributed by atoms with E-state index in [1.165, 1.54) is 5.56 Å². The molecule has 0 bridgehead atoms. The fourth-order valence-corrected chi connectivity index (χ4v) is 1.54. The number of aliphatic hydroxyl groups is 2. The van der Waals surface area contributed by atoms with E-state index < -0.39 is 6.29 Å².